The number of carbonyl (C=O) groups is 2. The topological polar surface area (TPSA) is 46.6 Å². The molecule has 0 aliphatic carbocycles. The highest BCUT2D eigenvalue weighted by atomic mass is 16.5. The summed E-state index contributed by atoms with van der Waals surface area (Å²) < 4.78 is 5.64. The van der Waals surface area contributed by atoms with Crippen LogP contribution in [-0.2, 0) is 22.6 Å². The Morgan fingerprint density at radius 1 is 1.04 bits per heavy atom. The Kier molecular flexibility index (Phi) is 5.49. The molecule has 0 N–H and O–H groups in total. The van der Waals surface area contributed by atoms with Gasteiger partial charge in [0.15, 0.2) is 0 Å². The molecular weight excluding hydrogens is 314 g/mol. The van der Waals surface area contributed by atoms with Crippen molar-refractivity contribution in [1.82, 2.24) is 4.90 Å². The van der Waals surface area contributed by atoms with Crippen molar-refractivity contribution in [1.29, 1.82) is 0 Å². The summed E-state index contributed by atoms with van der Waals surface area (Å²) in [6.45, 7) is 2.94. The lowest BCUT2D eigenvalue weighted by Crippen LogP contribution is -2.30. The van der Waals surface area contributed by atoms with Crippen molar-refractivity contribution in [2.24, 2.45) is 5.92 Å². The molecule has 0 saturated carbocycles. The summed E-state index contributed by atoms with van der Waals surface area (Å²) in [5.41, 5.74) is 2.07. The van der Waals surface area contributed by atoms with Gasteiger partial charge in [-0.3, -0.25) is 14.5 Å². The standard InChI is InChI=1S/C21H23NO3/c1-2-25-19-11-7-6-10-17(19)12-13-18-14-20(23)22(21(18)24)15-16-8-4-3-5-9-16/h3-11,18H,2,12-15H2,1H3/t18-/m1/s1. The summed E-state index contributed by atoms with van der Waals surface area (Å²) in [6, 6.07) is 17.5. The van der Waals surface area contributed by atoms with Gasteiger partial charge < -0.3 is 4.74 Å². The fourth-order valence-corrected chi connectivity index (χ4v) is 3.25. The first-order valence-corrected chi connectivity index (χ1v) is 8.78. The number of ether oxygens (including phenoxy) is 1. The van der Waals surface area contributed by atoms with Crippen LogP contribution in [0, 0.1) is 5.92 Å². The van der Waals surface area contributed by atoms with Crippen LogP contribution in [-0.4, -0.2) is 23.3 Å². The molecule has 2 amide bonds. The zero-order chi connectivity index (χ0) is 17.6. The van der Waals surface area contributed by atoms with E-state index >= 15 is 0 Å². The maximum absolute atomic E-state index is 12.6. The van der Waals surface area contributed by atoms with E-state index in [4.69, 9.17) is 4.74 Å². The van der Waals surface area contributed by atoms with Crippen LogP contribution in [0.5, 0.6) is 5.75 Å². The van der Waals surface area contributed by atoms with Crippen molar-refractivity contribution >= 4 is 11.8 Å². The van der Waals surface area contributed by atoms with Crippen molar-refractivity contribution in [2.75, 3.05) is 6.61 Å². The van der Waals surface area contributed by atoms with Crippen molar-refractivity contribution in [3.63, 3.8) is 0 Å². The first-order chi connectivity index (χ1) is 12.2. The molecule has 1 saturated heterocycles. The Balaban J connectivity index is 1.63. The van der Waals surface area contributed by atoms with Gasteiger partial charge in [0.25, 0.3) is 0 Å². The van der Waals surface area contributed by atoms with Gasteiger partial charge in [-0.1, -0.05) is 48.5 Å². The Labute approximate surface area is 148 Å². The Morgan fingerprint density at radius 3 is 2.52 bits per heavy atom. The first kappa shape index (κ1) is 17.2. The third kappa shape index (κ3) is 4.08. The highest BCUT2D eigenvalue weighted by Crippen LogP contribution is 2.28. The molecule has 0 bridgehead atoms. The molecular formula is C21H23NO3. The van der Waals surface area contributed by atoms with E-state index < -0.39 is 0 Å². The highest BCUT2D eigenvalue weighted by molar-refractivity contribution is 6.03. The third-order valence-corrected chi connectivity index (χ3v) is 4.56. The molecule has 1 aliphatic rings. The summed E-state index contributed by atoms with van der Waals surface area (Å²) in [6.07, 6.45) is 1.71. The van der Waals surface area contributed by atoms with Gasteiger partial charge in [-0.25, -0.2) is 0 Å². The number of likely N-dealkylation sites (tertiary alicyclic amines) is 1. The molecule has 4 nitrogen and oxygen atoms in total. The predicted octanol–water partition coefficient (Wildman–Crippen LogP) is 3.59. The number of aryl methyl sites for hydroxylation is 1. The number of nitrogens with zero attached hydrogens (tertiary/aromatic N) is 1. The van der Waals surface area contributed by atoms with E-state index in [9.17, 15) is 9.59 Å². The summed E-state index contributed by atoms with van der Waals surface area (Å²) in [5, 5.41) is 0. The predicted molar refractivity (Wildman–Crippen MR) is 96.0 cm³/mol. The van der Waals surface area contributed by atoms with Gasteiger partial charge in [0, 0.05) is 12.3 Å². The maximum atomic E-state index is 12.6. The van der Waals surface area contributed by atoms with Crippen LogP contribution in [0.1, 0.15) is 30.9 Å². The number of para-hydroxylation sites is 1. The van der Waals surface area contributed by atoms with Crippen molar-refractivity contribution in [3.8, 4) is 5.75 Å². The fraction of sp³-hybridized carbons (Fsp3) is 0.333. The normalized spacial score (nSPS) is 17.2. The van der Waals surface area contributed by atoms with Crippen molar-refractivity contribution < 1.29 is 14.3 Å². The van der Waals surface area contributed by atoms with E-state index in [1.54, 1.807) is 0 Å². The van der Waals surface area contributed by atoms with Crippen LogP contribution >= 0.6 is 0 Å². The number of carbonyl (C=O) groups excluding carboxylic acids is 2. The lowest BCUT2D eigenvalue weighted by molar-refractivity contribution is -0.140. The second kappa shape index (κ2) is 7.97. The molecule has 0 spiro atoms. The average Bonchev–Trinajstić information content (AvgIpc) is 2.90. The molecule has 2 aromatic carbocycles. The van der Waals surface area contributed by atoms with Gasteiger partial charge in [0.1, 0.15) is 5.75 Å². The molecule has 1 atom stereocenters. The number of imide groups is 1. The molecule has 4 heteroatoms. The molecule has 0 radical (unpaired) electrons. The average molecular weight is 337 g/mol. The zero-order valence-electron chi connectivity index (χ0n) is 14.5. The minimum Gasteiger partial charge on any atom is -0.494 e. The summed E-state index contributed by atoms with van der Waals surface area (Å²) >= 11 is 0. The van der Waals surface area contributed by atoms with Crippen LogP contribution in [0.4, 0.5) is 0 Å². The highest BCUT2D eigenvalue weighted by Gasteiger charge is 2.37. The molecule has 1 aliphatic heterocycles. The van der Waals surface area contributed by atoms with Crippen LogP contribution in [0.2, 0.25) is 0 Å². The number of benzene rings is 2. The second-order valence-electron chi connectivity index (χ2n) is 6.28. The lowest BCUT2D eigenvalue weighted by Gasteiger charge is -2.15. The number of amides is 2. The molecule has 2 aromatic rings. The SMILES string of the molecule is CCOc1ccccc1CC[C@@H]1CC(=O)N(Cc2ccccc2)C1=O. The summed E-state index contributed by atoms with van der Waals surface area (Å²) in [7, 11) is 0. The van der Waals surface area contributed by atoms with Crippen molar-refractivity contribution in [2.45, 2.75) is 32.7 Å². The van der Waals surface area contributed by atoms with Gasteiger partial charge in [-0.2, -0.15) is 0 Å². The largest absolute Gasteiger partial charge is 0.494 e. The van der Waals surface area contributed by atoms with E-state index in [0.717, 1.165) is 23.3 Å². The Hall–Kier alpha value is -2.62. The van der Waals surface area contributed by atoms with Crippen LogP contribution in [0.3, 0.4) is 0 Å². The quantitative estimate of drug-likeness (QED) is 0.725. The van der Waals surface area contributed by atoms with Crippen molar-refractivity contribution in [3.05, 3.63) is 65.7 Å². The maximum Gasteiger partial charge on any atom is 0.233 e. The minimum absolute atomic E-state index is 0.0530. The minimum atomic E-state index is -0.231. The van der Waals surface area contributed by atoms with Gasteiger partial charge in [0.2, 0.25) is 11.8 Å². The van der Waals surface area contributed by atoms with Crippen LogP contribution < -0.4 is 4.74 Å². The molecule has 25 heavy (non-hydrogen) atoms. The lowest BCUT2D eigenvalue weighted by atomic mass is 9.97. The Morgan fingerprint density at radius 2 is 1.76 bits per heavy atom. The van der Waals surface area contributed by atoms with Gasteiger partial charge in [-0.05, 0) is 37.0 Å². The molecule has 0 unspecified atom stereocenters. The van der Waals surface area contributed by atoms with E-state index in [2.05, 4.69) is 0 Å². The van der Waals surface area contributed by atoms with Crippen LogP contribution in [0.15, 0.2) is 54.6 Å². The van der Waals surface area contributed by atoms with E-state index in [1.807, 2.05) is 61.5 Å². The Bertz CT molecular complexity index is 742. The van der Waals surface area contributed by atoms with Gasteiger partial charge >= 0.3 is 0 Å². The molecule has 1 fully saturated rings. The molecule has 3 rings (SSSR count). The molecule has 130 valence electrons. The number of rotatable bonds is 7. The second-order valence-corrected chi connectivity index (χ2v) is 6.28. The van der Waals surface area contributed by atoms with E-state index in [-0.39, 0.29) is 17.7 Å². The number of hydrogen-bond acceptors (Lipinski definition) is 3. The fourth-order valence-electron chi connectivity index (χ4n) is 3.25. The van der Waals surface area contributed by atoms with Gasteiger partial charge in [0.05, 0.1) is 13.2 Å². The zero-order valence-corrected chi connectivity index (χ0v) is 14.5. The molecule has 0 aromatic heterocycles. The van der Waals surface area contributed by atoms with E-state index in [1.165, 1.54) is 4.90 Å². The summed E-state index contributed by atoms with van der Waals surface area (Å²) in [4.78, 5) is 26.3. The summed E-state index contributed by atoms with van der Waals surface area (Å²) in [5.74, 6) is 0.508. The van der Waals surface area contributed by atoms with Crippen LogP contribution in [0.25, 0.3) is 0 Å². The van der Waals surface area contributed by atoms with E-state index in [0.29, 0.717) is 26.0 Å². The molecule has 1 heterocycles. The first-order valence-electron chi connectivity index (χ1n) is 8.78. The smallest absolute Gasteiger partial charge is 0.233 e. The van der Waals surface area contributed by atoms with Gasteiger partial charge in [-0.15, -0.1) is 0 Å². The monoisotopic (exact) mass is 337 g/mol. The third-order valence-electron chi connectivity index (χ3n) is 4.56. The number of hydrogen-bond donors (Lipinski definition) is 0.